The van der Waals surface area contributed by atoms with Crippen molar-refractivity contribution >= 4 is 5.78 Å². The van der Waals surface area contributed by atoms with Crippen LogP contribution in [0.3, 0.4) is 0 Å². The lowest BCUT2D eigenvalue weighted by Gasteiger charge is -2.48. The summed E-state index contributed by atoms with van der Waals surface area (Å²) in [5.74, 6) is -2.54. The molecule has 0 N–H and O–H groups in total. The first-order valence-corrected chi connectivity index (χ1v) is 9.62. The van der Waals surface area contributed by atoms with Crippen molar-refractivity contribution in [2.24, 2.45) is 5.92 Å². The fourth-order valence-corrected chi connectivity index (χ4v) is 4.42. The van der Waals surface area contributed by atoms with Crippen LogP contribution in [0.25, 0.3) is 0 Å². The van der Waals surface area contributed by atoms with Crippen LogP contribution in [-0.2, 0) is 17.5 Å². The van der Waals surface area contributed by atoms with Crippen LogP contribution in [0.4, 0.5) is 17.6 Å². The summed E-state index contributed by atoms with van der Waals surface area (Å²) in [6.45, 7) is 1.63. The molecular weight excluding hydrogens is 386 g/mol. The van der Waals surface area contributed by atoms with Gasteiger partial charge in [-0.1, -0.05) is 36.4 Å². The zero-order valence-electron chi connectivity index (χ0n) is 15.7. The molecule has 2 aromatic rings. The van der Waals surface area contributed by atoms with E-state index in [0.29, 0.717) is 32.1 Å². The lowest BCUT2D eigenvalue weighted by Crippen LogP contribution is -2.57. The summed E-state index contributed by atoms with van der Waals surface area (Å²) in [5, 5.41) is 0. The number of carbonyl (C=O) groups excluding carboxylic acids is 1. The number of rotatable bonds is 4. The number of ether oxygens (including phenoxy) is 1. The molecule has 2 heterocycles. The third-order valence-electron chi connectivity index (χ3n) is 5.82. The molecule has 2 aromatic carbocycles. The van der Waals surface area contributed by atoms with Gasteiger partial charge in [0.25, 0.3) is 0 Å². The molecule has 154 valence electrons. The van der Waals surface area contributed by atoms with Gasteiger partial charge < -0.3 is 4.74 Å². The molecule has 0 spiro atoms. The van der Waals surface area contributed by atoms with E-state index in [0.717, 1.165) is 24.2 Å². The van der Waals surface area contributed by atoms with Crippen LogP contribution in [0.2, 0.25) is 0 Å². The lowest BCUT2D eigenvalue weighted by atomic mass is 9.80. The van der Waals surface area contributed by atoms with Crippen LogP contribution in [0.15, 0.2) is 48.5 Å². The van der Waals surface area contributed by atoms with E-state index in [4.69, 9.17) is 4.74 Å². The number of benzene rings is 2. The molecule has 0 amide bonds. The Labute approximate surface area is 166 Å². The van der Waals surface area contributed by atoms with Crippen molar-refractivity contribution < 1.29 is 27.1 Å². The van der Waals surface area contributed by atoms with E-state index in [-0.39, 0.29) is 12.1 Å². The van der Waals surface area contributed by atoms with E-state index in [1.807, 2.05) is 30.3 Å². The third kappa shape index (κ3) is 4.07. The molecule has 0 saturated carbocycles. The molecule has 2 atom stereocenters. The van der Waals surface area contributed by atoms with Gasteiger partial charge in [0.1, 0.15) is 5.82 Å². The van der Waals surface area contributed by atoms with E-state index < -0.39 is 34.8 Å². The number of Topliss-reactive ketones (excluding diaryl/α,β-unsaturated/α-hetero) is 1. The fourth-order valence-electron chi connectivity index (χ4n) is 4.42. The summed E-state index contributed by atoms with van der Waals surface area (Å²) in [7, 11) is 0. The molecule has 2 fully saturated rings. The Bertz CT molecular complexity index is 870. The lowest BCUT2D eigenvalue weighted by molar-refractivity contribution is -0.140. The van der Waals surface area contributed by atoms with Crippen molar-refractivity contribution in [2.45, 2.75) is 37.6 Å². The molecule has 0 aromatic heterocycles. The van der Waals surface area contributed by atoms with E-state index >= 15 is 0 Å². The molecule has 3 nitrogen and oxygen atoms in total. The van der Waals surface area contributed by atoms with Crippen LogP contribution in [-0.4, -0.2) is 36.0 Å². The number of halogens is 4. The first kappa shape index (κ1) is 20.0. The first-order valence-electron chi connectivity index (χ1n) is 9.62. The number of carbonyl (C=O) groups is 1. The largest absolute Gasteiger partial charge is 0.419 e. The van der Waals surface area contributed by atoms with Crippen molar-refractivity contribution in [1.29, 1.82) is 0 Å². The van der Waals surface area contributed by atoms with Gasteiger partial charge in [-0.3, -0.25) is 9.69 Å². The van der Waals surface area contributed by atoms with E-state index in [9.17, 15) is 22.4 Å². The Kier molecular flexibility index (Phi) is 5.44. The van der Waals surface area contributed by atoms with Gasteiger partial charge in [-0.2, -0.15) is 13.2 Å². The second-order valence-electron chi connectivity index (χ2n) is 7.70. The predicted molar refractivity (Wildman–Crippen MR) is 98.8 cm³/mol. The maximum atomic E-state index is 14.5. The SMILES string of the molecule is O=C(c1cccc(C(F)(F)F)c1F)C1CC2COCC(C1)N2Cc1ccccc1. The second-order valence-corrected chi connectivity index (χ2v) is 7.70. The number of fused-ring (bicyclic) bond motifs is 2. The van der Waals surface area contributed by atoms with Crippen LogP contribution in [0, 0.1) is 11.7 Å². The van der Waals surface area contributed by atoms with Crippen LogP contribution >= 0.6 is 0 Å². The summed E-state index contributed by atoms with van der Waals surface area (Å²) in [6, 6.07) is 12.8. The van der Waals surface area contributed by atoms with Crippen molar-refractivity contribution in [1.82, 2.24) is 4.90 Å². The minimum absolute atomic E-state index is 0.0227. The number of nitrogens with zero attached hydrogens (tertiary/aromatic N) is 1. The summed E-state index contributed by atoms with van der Waals surface area (Å²) < 4.78 is 59.1. The average molecular weight is 407 g/mol. The van der Waals surface area contributed by atoms with E-state index in [2.05, 4.69) is 4.90 Å². The quantitative estimate of drug-likeness (QED) is 0.543. The Morgan fingerprint density at radius 1 is 1.00 bits per heavy atom. The number of piperidine rings is 1. The molecule has 2 bridgehead atoms. The maximum absolute atomic E-state index is 14.5. The maximum Gasteiger partial charge on any atom is 0.419 e. The average Bonchev–Trinajstić information content (AvgIpc) is 2.67. The van der Waals surface area contributed by atoms with E-state index in [1.54, 1.807) is 0 Å². The van der Waals surface area contributed by atoms with Gasteiger partial charge in [0.05, 0.1) is 24.3 Å². The van der Waals surface area contributed by atoms with E-state index in [1.165, 1.54) is 0 Å². The number of morpholine rings is 1. The van der Waals surface area contributed by atoms with Crippen molar-refractivity contribution in [3.63, 3.8) is 0 Å². The van der Waals surface area contributed by atoms with Gasteiger partial charge >= 0.3 is 6.18 Å². The third-order valence-corrected chi connectivity index (χ3v) is 5.82. The fraction of sp³-hybridized carbons (Fsp3) is 0.409. The number of ketones is 1. The normalized spacial score (nSPS) is 25.0. The van der Waals surface area contributed by atoms with Gasteiger partial charge in [0, 0.05) is 24.5 Å². The van der Waals surface area contributed by atoms with Crippen molar-refractivity contribution in [3.8, 4) is 0 Å². The zero-order chi connectivity index (χ0) is 20.6. The number of hydrogen-bond acceptors (Lipinski definition) is 3. The van der Waals surface area contributed by atoms with Crippen molar-refractivity contribution in [3.05, 3.63) is 71.0 Å². The molecule has 4 rings (SSSR count). The molecule has 2 aliphatic heterocycles. The molecular formula is C22H21F4NO2. The highest BCUT2D eigenvalue weighted by molar-refractivity contribution is 5.98. The van der Waals surface area contributed by atoms with Gasteiger partial charge in [0.15, 0.2) is 5.78 Å². The van der Waals surface area contributed by atoms with Crippen molar-refractivity contribution in [2.75, 3.05) is 13.2 Å². The highest BCUT2D eigenvalue weighted by Gasteiger charge is 2.43. The smallest absolute Gasteiger partial charge is 0.378 e. The summed E-state index contributed by atoms with van der Waals surface area (Å²) >= 11 is 0. The minimum atomic E-state index is -4.83. The monoisotopic (exact) mass is 407 g/mol. The molecule has 7 heteroatoms. The summed E-state index contributed by atoms with van der Waals surface area (Å²) in [6.07, 6.45) is -3.94. The first-order chi connectivity index (χ1) is 13.8. The van der Waals surface area contributed by atoms with Gasteiger partial charge in [-0.05, 0) is 30.5 Å². The highest BCUT2D eigenvalue weighted by Crippen LogP contribution is 2.37. The minimum Gasteiger partial charge on any atom is -0.378 e. The van der Waals surface area contributed by atoms with Gasteiger partial charge in [-0.15, -0.1) is 0 Å². The Hall–Kier alpha value is -2.25. The highest BCUT2D eigenvalue weighted by atomic mass is 19.4. The number of alkyl halides is 3. The molecule has 0 aliphatic carbocycles. The molecule has 0 radical (unpaired) electrons. The van der Waals surface area contributed by atoms with Gasteiger partial charge in [0.2, 0.25) is 0 Å². The zero-order valence-corrected chi connectivity index (χ0v) is 15.7. The Balaban J connectivity index is 1.54. The topological polar surface area (TPSA) is 29.5 Å². The second kappa shape index (κ2) is 7.88. The van der Waals surface area contributed by atoms with Crippen LogP contribution in [0.5, 0.6) is 0 Å². The number of hydrogen-bond donors (Lipinski definition) is 0. The van der Waals surface area contributed by atoms with Crippen LogP contribution in [0.1, 0.15) is 34.3 Å². The molecule has 2 unspecified atom stereocenters. The molecule has 29 heavy (non-hydrogen) atoms. The predicted octanol–water partition coefficient (Wildman–Crippen LogP) is 4.71. The molecule has 2 saturated heterocycles. The molecule has 2 aliphatic rings. The van der Waals surface area contributed by atoms with Gasteiger partial charge in [-0.25, -0.2) is 4.39 Å². The summed E-state index contributed by atoms with van der Waals surface area (Å²) in [4.78, 5) is 15.2. The Morgan fingerprint density at radius 3 is 2.28 bits per heavy atom. The standard InChI is InChI=1S/C22H21F4NO2/c23-20-18(7-4-8-19(20)22(24,25)26)21(28)15-9-16-12-29-13-17(10-15)27(16)11-14-5-2-1-3-6-14/h1-8,15-17H,9-13H2. The van der Waals surface area contributed by atoms with Crippen LogP contribution < -0.4 is 0 Å². The Morgan fingerprint density at radius 2 is 1.66 bits per heavy atom. The summed E-state index contributed by atoms with van der Waals surface area (Å²) in [5.41, 5.74) is -0.716.